The second kappa shape index (κ2) is 12.5. The number of aliphatic imine (C=N–C) groups is 1. The predicted octanol–water partition coefficient (Wildman–Crippen LogP) is 3.79. The molecule has 0 spiro atoms. The Balaban J connectivity index is 0.00000320. The van der Waals surface area contributed by atoms with Crippen LogP contribution in [0.1, 0.15) is 36.8 Å². The van der Waals surface area contributed by atoms with Crippen molar-refractivity contribution in [2.75, 3.05) is 6.54 Å². The molecule has 0 unspecified atom stereocenters. The van der Waals surface area contributed by atoms with Gasteiger partial charge in [-0.3, -0.25) is 10.1 Å². The lowest BCUT2D eigenvalue weighted by atomic mass is 9.93. The first-order valence-corrected chi connectivity index (χ1v) is 10.1. The Morgan fingerprint density at radius 2 is 1.70 bits per heavy atom. The van der Waals surface area contributed by atoms with Crippen molar-refractivity contribution in [2.24, 2.45) is 4.99 Å². The molecule has 0 heterocycles. The standard InChI is InChI=1S/C22H28N4O3.HI/c27-21-12-8-19(9-13-21)25-22(23-15-14-17-4-2-1-3-5-17)24-16-18-6-10-20(11-7-18)26(28)29;/h1-7,10-11,19,21,27H,8-9,12-16H2,(H2,23,24,25);1H. The number of aliphatic hydroxyl groups is 1. The molecule has 0 saturated heterocycles. The lowest BCUT2D eigenvalue weighted by Gasteiger charge is -2.27. The van der Waals surface area contributed by atoms with Gasteiger partial charge < -0.3 is 15.7 Å². The van der Waals surface area contributed by atoms with Gasteiger partial charge in [0.1, 0.15) is 0 Å². The average Bonchev–Trinajstić information content (AvgIpc) is 2.74. The highest BCUT2D eigenvalue weighted by atomic mass is 127. The third-order valence-corrected chi connectivity index (χ3v) is 5.15. The monoisotopic (exact) mass is 524 g/mol. The highest BCUT2D eigenvalue weighted by Gasteiger charge is 2.20. The molecule has 0 atom stereocenters. The topological polar surface area (TPSA) is 99.8 Å². The van der Waals surface area contributed by atoms with E-state index in [2.05, 4.69) is 27.8 Å². The first kappa shape index (κ1) is 24.1. The van der Waals surface area contributed by atoms with Gasteiger partial charge in [0.2, 0.25) is 0 Å². The number of aliphatic hydroxyl groups excluding tert-OH is 1. The van der Waals surface area contributed by atoms with Gasteiger partial charge in [0, 0.05) is 24.7 Å². The minimum absolute atomic E-state index is 0. The Bertz CT molecular complexity index is 807. The maximum atomic E-state index is 10.8. The molecule has 1 aliphatic rings. The number of guanidine groups is 1. The van der Waals surface area contributed by atoms with Crippen LogP contribution in [-0.2, 0) is 13.0 Å². The van der Waals surface area contributed by atoms with E-state index in [0.29, 0.717) is 12.6 Å². The number of hydrogen-bond donors (Lipinski definition) is 3. The van der Waals surface area contributed by atoms with Crippen LogP contribution < -0.4 is 10.6 Å². The fraction of sp³-hybridized carbons (Fsp3) is 0.409. The van der Waals surface area contributed by atoms with E-state index in [1.807, 2.05) is 18.2 Å². The molecule has 0 radical (unpaired) electrons. The van der Waals surface area contributed by atoms with Crippen LogP contribution in [0.2, 0.25) is 0 Å². The summed E-state index contributed by atoms with van der Waals surface area (Å²) in [7, 11) is 0. The van der Waals surface area contributed by atoms with Gasteiger partial charge in [-0.1, -0.05) is 42.5 Å². The van der Waals surface area contributed by atoms with Crippen LogP contribution in [0, 0.1) is 10.1 Å². The van der Waals surface area contributed by atoms with Gasteiger partial charge in [0.05, 0.1) is 17.6 Å². The van der Waals surface area contributed by atoms with E-state index in [1.54, 1.807) is 12.1 Å². The lowest BCUT2D eigenvalue weighted by molar-refractivity contribution is -0.384. The highest BCUT2D eigenvalue weighted by Crippen LogP contribution is 2.18. The number of nitrogens with zero attached hydrogens (tertiary/aromatic N) is 2. The van der Waals surface area contributed by atoms with E-state index in [4.69, 9.17) is 0 Å². The summed E-state index contributed by atoms with van der Waals surface area (Å²) in [5.41, 5.74) is 2.26. The first-order valence-electron chi connectivity index (χ1n) is 10.1. The summed E-state index contributed by atoms with van der Waals surface area (Å²) < 4.78 is 0. The molecule has 0 aromatic heterocycles. The van der Waals surface area contributed by atoms with Crippen LogP contribution >= 0.6 is 24.0 Å². The number of nitrogens with one attached hydrogen (secondary N) is 2. The molecule has 1 aliphatic carbocycles. The molecule has 2 aromatic carbocycles. The molecule has 0 bridgehead atoms. The SMILES string of the molecule is I.O=[N+]([O-])c1ccc(CN=C(NCCc2ccccc2)NC2CCC(O)CC2)cc1. The third-order valence-electron chi connectivity index (χ3n) is 5.15. The summed E-state index contributed by atoms with van der Waals surface area (Å²) in [6, 6.07) is 17.0. The number of halogens is 1. The van der Waals surface area contributed by atoms with Crippen molar-refractivity contribution in [3.63, 3.8) is 0 Å². The Labute approximate surface area is 194 Å². The average molecular weight is 524 g/mol. The molecule has 162 valence electrons. The minimum atomic E-state index is -0.400. The second-order valence-corrected chi connectivity index (χ2v) is 7.40. The van der Waals surface area contributed by atoms with E-state index >= 15 is 0 Å². The maximum Gasteiger partial charge on any atom is 0.269 e. The number of nitro benzene ring substituents is 1. The van der Waals surface area contributed by atoms with Gasteiger partial charge in [0.15, 0.2) is 5.96 Å². The molecule has 3 rings (SSSR count). The number of nitro groups is 1. The zero-order chi connectivity index (χ0) is 20.5. The Morgan fingerprint density at radius 3 is 2.33 bits per heavy atom. The van der Waals surface area contributed by atoms with Crippen molar-refractivity contribution in [3.05, 3.63) is 75.8 Å². The van der Waals surface area contributed by atoms with Gasteiger partial charge in [-0.2, -0.15) is 0 Å². The fourth-order valence-electron chi connectivity index (χ4n) is 3.43. The van der Waals surface area contributed by atoms with Crippen molar-refractivity contribution < 1.29 is 10.0 Å². The van der Waals surface area contributed by atoms with E-state index < -0.39 is 4.92 Å². The van der Waals surface area contributed by atoms with Crippen LogP contribution in [0.15, 0.2) is 59.6 Å². The Morgan fingerprint density at radius 1 is 1.03 bits per heavy atom. The van der Waals surface area contributed by atoms with Gasteiger partial charge in [0.25, 0.3) is 5.69 Å². The van der Waals surface area contributed by atoms with Gasteiger partial charge in [-0.15, -0.1) is 24.0 Å². The molecule has 2 aromatic rings. The maximum absolute atomic E-state index is 10.8. The quantitative estimate of drug-likeness (QED) is 0.168. The van der Waals surface area contributed by atoms with E-state index in [1.165, 1.54) is 17.7 Å². The van der Waals surface area contributed by atoms with Gasteiger partial charge in [-0.25, -0.2) is 4.99 Å². The summed E-state index contributed by atoms with van der Waals surface area (Å²) in [5.74, 6) is 0.737. The molecular weight excluding hydrogens is 495 g/mol. The molecule has 3 N–H and O–H groups in total. The molecular formula is C22H29IN4O3. The minimum Gasteiger partial charge on any atom is -0.393 e. The predicted molar refractivity (Wildman–Crippen MR) is 129 cm³/mol. The summed E-state index contributed by atoms with van der Waals surface area (Å²) in [6.45, 7) is 1.19. The number of hydrogen-bond acceptors (Lipinski definition) is 4. The van der Waals surface area contributed by atoms with Crippen molar-refractivity contribution in [1.82, 2.24) is 10.6 Å². The zero-order valence-corrected chi connectivity index (χ0v) is 19.2. The smallest absolute Gasteiger partial charge is 0.269 e. The van der Waals surface area contributed by atoms with Gasteiger partial charge in [-0.05, 0) is 43.2 Å². The number of non-ortho nitro benzene ring substituents is 1. The lowest BCUT2D eigenvalue weighted by Crippen LogP contribution is -2.45. The number of rotatable bonds is 7. The van der Waals surface area contributed by atoms with Crippen LogP contribution in [0.4, 0.5) is 5.69 Å². The highest BCUT2D eigenvalue weighted by molar-refractivity contribution is 14.0. The molecule has 30 heavy (non-hydrogen) atoms. The van der Waals surface area contributed by atoms with Crippen molar-refractivity contribution >= 4 is 35.6 Å². The summed E-state index contributed by atoms with van der Waals surface area (Å²) >= 11 is 0. The second-order valence-electron chi connectivity index (χ2n) is 7.40. The van der Waals surface area contributed by atoms with Crippen molar-refractivity contribution in [3.8, 4) is 0 Å². The Hall–Kier alpha value is -2.20. The largest absolute Gasteiger partial charge is 0.393 e. The zero-order valence-electron chi connectivity index (χ0n) is 16.9. The summed E-state index contributed by atoms with van der Waals surface area (Å²) in [5, 5.41) is 27.4. The van der Waals surface area contributed by atoms with Gasteiger partial charge >= 0.3 is 0 Å². The van der Waals surface area contributed by atoms with Crippen LogP contribution in [0.3, 0.4) is 0 Å². The normalized spacial score (nSPS) is 18.9. The molecule has 1 fully saturated rings. The molecule has 0 amide bonds. The summed E-state index contributed by atoms with van der Waals surface area (Å²) in [6.07, 6.45) is 4.13. The summed E-state index contributed by atoms with van der Waals surface area (Å²) in [4.78, 5) is 15.1. The van der Waals surface area contributed by atoms with Crippen LogP contribution in [0.5, 0.6) is 0 Å². The first-order chi connectivity index (χ1) is 14.1. The number of benzene rings is 2. The Kier molecular flexibility index (Phi) is 10.0. The van der Waals surface area contributed by atoms with Crippen molar-refractivity contribution in [2.45, 2.75) is 50.8 Å². The molecule has 8 heteroatoms. The fourth-order valence-corrected chi connectivity index (χ4v) is 3.43. The molecule has 1 saturated carbocycles. The van der Waals surface area contributed by atoms with E-state index in [0.717, 1.165) is 50.2 Å². The van der Waals surface area contributed by atoms with Crippen molar-refractivity contribution in [1.29, 1.82) is 0 Å². The van der Waals surface area contributed by atoms with Crippen LogP contribution in [-0.4, -0.2) is 34.7 Å². The van der Waals surface area contributed by atoms with Crippen LogP contribution in [0.25, 0.3) is 0 Å². The van der Waals surface area contributed by atoms with E-state index in [9.17, 15) is 15.2 Å². The molecule has 7 nitrogen and oxygen atoms in total. The van der Waals surface area contributed by atoms with E-state index in [-0.39, 0.29) is 35.8 Å². The molecule has 0 aliphatic heterocycles. The third kappa shape index (κ3) is 7.91.